The first-order chi connectivity index (χ1) is 12.2. The van der Waals surface area contributed by atoms with Gasteiger partial charge in [-0.05, 0) is 44.2 Å². The van der Waals surface area contributed by atoms with Crippen LogP contribution < -0.4 is 15.0 Å². The number of nitrogens with zero attached hydrogens (tertiary/aromatic N) is 3. The van der Waals surface area contributed by atoms with Gasteiger partial charge >= 0.3 is 0 Å². The third-order valence-electron chi connectivity index (χ3n) is 5.35. The van der Waals surface area contributed by atoms with Gasteiger partial charge in [-0.3, -0.25) is 9.69 Å². The van der Waals surface area contributed by atoms with Crippen LogP contribution in [0, 0.1) is 0 Å². The molecule has 1 aromatic carbocycles. The van der Waals surface area contributed by atoms with Gasteiger partial charge in [0.1, 0.15) is 5.75 Å². The normalized spacial score (nSPS) is 22.6. The van der Waals surface area contributed by atoms with E-state index in [1.54, 1.807) is 7.11 Å². The molecule has 25 heavy (non-hydrogen) atoms. The number of methoxy groups -OCH3 is 1. The van der Waals surface area contributed by atoms with Crippen molar-refractivity contribution in [1.29, 1.82) is 0 Å². The molecule has 2 fully saturated rings. The quantitative estimate of drug-likeness (QED) is 0.882. The van der Waals surface area contributed by atoms with Gasteiger partial charge in [-0.1, -0.05) is 0 Å². The number of piperazine rings is 1. The first-order valence-corrected chi connectivity index (χ1v) is 9.29. The van der Waals surface area contributed by atoms with Gasteiger partial charge in [0.15, 0.2) is 0 Å². The number of ether oxygens (including phenoxy) is 1. The molecule has 1 N–H and O–H groups in total. The van der Waals surface area contributed by atoms with Crippen LogP contribution in [0.4, 0.5) is 5.69 Å². The molecular weight excluding hydrogens is 316 g/mol. The lowest BCUT2D eigenvalue weighted by Gasteiger charge is -2.37. The molecule has 2 aliphatic heterocycles. The molecule has 0 radical (unpaired) electrons. The van der Waals surface area contributed by atoms with Crippen LogP contribution in [0.5, 0.6) is 5.75 Å². The van der Waals surface area contributed by atoms with Crippen LogP contribution in [0.1, 0.15) is 13.3 Å². The largest absolute Gasteiger partial charge is 0.497 e. The van der Waals surface area contributed by atoms with Gasteiger partial charge in [-0.2, -0.15) is 0 Å². The Kier molecular flexibility index (Phi) is 6.15. The molecule has 0 saturated carbocycles. The van der Waals surface area contributed by atoms with Crippen molar-refractivity contribution in [2.24, 2.45) is 0 Å². The van der Waals surface area contributed by atoms with Crippen molar-refractivity contribution in [3.05, 3.63) is 24.3 Å². The first-order valence-electron chi connectivity index (χ1n) is 9.29. The summed E-state index contributed by atoms with van der Waals surface area (Å²) in [5.41, 5.74) is 1.19. The summed E-state index contributed by atoms with van der Waals surface area (Å²) in [5, 5.41) is 3.41. The smallest absolute Gasteiger partial charge is 0.236 e. The maximum atomic E-state index is 12.7. The zero-order valence-corrected chi connectivity index (χ0v) is 15.4. The molecule has 6 nitrogen and oxygen atoms in total. The Morgan fingerprint density at radius 1 is 1.12 bits per heavy atom. The SMILES string of the molecule is COc1ccc(N2CCN(C(=O)CN3CCNCCC3C)CC2)cc1. The van der Waals surface area contributed by atoms with Gasteiger partial charge < -0.3 is 19.9 Å². The van der Waals surface area contributed by atoms with E-state index >= 15 is 0 Å². The Morgan fingerprint density at radius 3 is 2.52 bits per heavy atom. The molecule has 2 saturated heterocycles. The summed E-state index contributed by atoms with van der Waals surface area (Å²) in [6.07, 6.45) is 1.11. The average Bonchev–Trinajstić information content (AvgIpc) is 2.86. The lowest BCUT2D eigenvalue weighted by Crippen LogP contribution is -2.52. The molecule has 0 aromatic heterocycles. The fourth-order valence-electron chi connectivity index (χ4n) is 3.58. The molecule has 1 amide bonds. The minimum Gasteiger partial charge on any atom is -0.497 e. The number of hydrogen-bond donors (Lipinski definition) is 1. The molecule has 138 valence electrons. The summed E-state index contributed by atoms with van der Waals surface area (Å²) in [6, 6.07) is 8.62. The minimum absolute atomic E-state index is 0.267. The second-order valence-corrected chi connectivity index (χ2v) is 6.92. The van der Waals surface area contributed by atoms with Crippen molar-refractivity contribution >= 4 is 11.6 Å². The lowest BCUT2D eigenvalue weighted by atomic mass is 10.2. The predicted octanol–water partition coefficient (Wildman–Crippen LogP) is 1.03. The van der Waals surface area contributed by atoms with E-state index < -0.39 is 0 Å². The molecule has 2 heterocycles. The molecule has 1 atom stereocenters. The lowest BCUT2D eigenvalue weighted by molar-refractivity contribution is -0.133. The molecule has 6 heteroatoms. The first kappa shape index (κ1) is 18.0. The Bertz CT molecular complexity index is 555. The molecule has 0 aliphatic carbocycles. The monoisotopic (exact) mass is 346 g/mol. The number of carbonyl (C=O) groups excluding carboxylic acids is 1. The highest BCUT2D eigenvalue weighted by Crippen LogP contribution is 2.20. The molecule has 1 unspecified atom stereocenters. The molecule has 0 spiro atoms. The summed E-state index contributed by atoms with van der Waals surface area (Å²) in [4.78, 5) is 19.4. The van der Waals surface area contributed by atoms with Crippen LogP contribution in [0.3, 0.4) is 0 Å². The summed E-state index contributed by atoms with van der Waals surface area (Å²) in [7, 11) is 1.68. The van der Waals surface area contributed by atoms with Crippen LogP contribution in [-0.2, 0) is 4.79 Å². The number of anilines is 1. The highest BCUT2D eigenvalue weighted by molar-refractivity contribution is 5.78. The topological polar surface area (TPSA) is 48.1 Å². The van der Waals surface area contributed by atoms with Crippen molar-refractivity contribution < 1.29 is 9.53 Å². The van der Waals surface area contributed by atoms with Gasteiger partial charge in [0, 0.05) is 51.0 Å². The number of carbonyl (C=O) groups is 1. The van der Waals surface area contributed by atoms with Crippen LogP contribution in [-0.4, -0.2) is 81.2 Å². The third kappa shape index (κ3) is 4.64. The van der Waals surface area contributed by atoms with Crippen molar-refractivity contribution in [3.63, 3.8) is 0 Å². The van der Waals surface area contributed by atoms with E-state index in [1.165, 1.54) is 5.69 Å². The fraction of sp³-hybridized carbons (Fsp3) is 0.632. The van der Waals surface area contributed by atoms with Crippen LogP contribution in [0.2, 0.25) is 0 Å². The maximum Gasteiger partial charge on any atom is 0.236 e. The van der Waals surface area contributed by atoms with E-state index in [4.69, 9.17) is 4.74 Å². The van der Waals surface area contributed by atoms with Crippen molar-refractivity contribution in [2.45, 2.75) is 19.4 Å². The number of rotatable bonds is 4. The van der Waals surface area contributed by atoms with E-state index in [1.807, 2.05) is 17.0 Å². The van der Waals surface area contributed by atoms with E-state index in [0.717, 1.165) is 58.0 Å². The van der Waals surface area contributed by atoms with Gasteiger partial charge in [0.25, 0.3) is 0 Å². The minimum atomic E-state index is 0.267. The second-order valence-electron chi connectivity index (χ2n) is 6.92. The standard InChI is InChI=1S/C19H30N4O2/c1-16-7-8-20-9-10-23(16)15-19(24)22-13-11-21(12-14-22)17-3-5-18(25-2)6-4-17/h3-6,16,20H,7-15H2,1-2H3. The number of benzene rings is 1. The van der Waals surface area contributed by atoms with Crippen LogP contribution >= 0.6 is 0 Å². The zero-order chi connectivity index (χ0) is 17.6. The number of hydrogen-bond acceptors (Lipinski definition) is 5. The Balaban J connectivity index is 1.50. The van der Waals surface area contributed by atoms with Crippen molar-refractivity contribution in [2.75, 3.05) is 64.4 Å². The van der Waals surface area contributed by atoms with E-state index in [9.17, 15) is 4.79 Å². The van der Waals surface area contributed by atoms with Crippen LogP contribution in [0.15, 0.2) is 24.3 Å². The van der Waals surface area contributed by atoms with Gasteiger partial charge in [0.05, 0.1) is 13.7 Å². The fourth-order valence-corrected chi connectivity index (χ4v) is 3.58. The molecular formula is C19H30N4O2. The van der Waals surface area contributed by atoms with E-state index in [0.29, 0.717) is 12.6 Å². The van der Waals surface area contributed by atoms with Gasteiger partial charge in [-0.15, -0.1) is 0 Å². The maximum absolute atomic E-state index is 12.7. The van der Waals surface area contributed by atoms with Crippen molar-refractivity contribution in [3.8, 4) is 5.75 Å². The summed E-state index contributed by atoms with van der Waals surface area (Å²) in [6.45, 7) is 9.11. The van der Waals surface area contributed by atoms with Gasteiger partial charge in [0.2, 0.25) is 5.91 Å². The van der Waals surface area contributed by atoms with E-state index in [2.05, 4.69) is 34.2 Å². The molecule has 1 aromatic rings. The molecule has 0 bridgehead atoms. The Labute approximate surface area is 150 Å². The zero-order valence-electron chi connectivity index (χ0n) is 15.4. The number of nitrogens with one attached hydrogen (secondary N) is 1. The van der Waals surface area contributed by atoms with E-state index in [-0.39, 0.29) is 5.91 Å². The summed E-state index contributed by atoms with van der Waals surface area (Å²) in [5.74, 6) is 1.14. The third-order valence-corrected chi connectivity index (χ3v) is 5.35. The Morgan fingerprint density at radius 2 is 1.84 bits per heavy atom. The Hall–Kier alpha value is -1.79. The summed E-state index contributed by atoms with van der Waals surface area (Å²) < 4.78 is 5.21. The summed E-state index contributed by atoms with van der Waals surface area (Å²) >= 11 is 0. The molecule has 2 aliphatic rings. The van der Waals surface area contributed by atoms with Crippen molar-refractivity contribution in [1.82, 2.24) is 15.1 Å². The van der Waals surface area contributed by atoms with Gasteiger partial charge in [-0.25, -0.2) is 0 Å². The predicted molar refractivity (Wildman–Crippen MR) is 100 cm³/mol. The highest BCUT2D eigenvalue weighted by Gasteiger charge is 2.25. The number of amides is 1. The average molecular weight is 346 g/mol. The highest BCUT2D eigenvalue weighted by atomic mass is 16.5. The second kappa shape index (κ2) is 8.54. The van der Waals surface area contributed by atoms with Crippen LogP contribution in [0.25, 0.3) is 0 Å². The molecule has 3 rings (SSSR count).